The maximum absolute atomic E-state index is 14.0. The van der Waals surface area contributed by atoms with E-state index in [1.54, 1.807) is 24.8 Å². The standard InChI is InChI=1S/C20H23ClFN3S/c1-12-17(22)5-4-16(21)19(12)13(2)26-18-10-15(11-24-20(18)23)14-6-8-25(3)9-7-14/h4-6,10-11,13H,7-9H2,1-3H3,(H2,23,24). The second-order valence-corrected chi connectivity index (χ2v) is 8.47. The molecule has 0 bridgehead atoms. The summed E-state index contributed by atoms with van der Waals surface area (Å²) in [6.07, 6.45) is 5.07. The molecule has 1 aliphatic rings. The maximum Gasteiger partial charge on any atom is 0.137 e. The molecule has 0 saturated carbocycles. The summed E-state index contributed by atoms with van der Waals surface area (Å²) >= 11 is 7.89. The lowest BCUT2D eigenvalue weighted by Gasteiger charge is -2.22. The van der Waals surface area contributed by atoms with E-state index >= 15 is 0 Å². The van der Waals surface area contributed by atoms with E-state index in [1.165, 1.54) is 11.6 Å². The molecule has 1 aromatic carbocycles. The van der Waals surface area contributed by atoms with Crippen LogP contribution in [0, 0.1) is 12.7 Å². The van der Waals surface area contributed by atoms with E-state index in [1.807, 2.05) is 13.1 Å². The average Bonchev–Trinajstić information content (AvgIpc) is 2.61. The highest BCUT2D eigenvalue weighted by Crippen LogP contribution is 2.42. The number of nitrogens with two attached hydrogens (primary N) is 1. The number of rotatable bonds is 4. The Bertz CT molecular complexity index is 853. The Kier molecular flexibility index (Phi) is 5.90. The Hall–Kier alpha value is -1.56. The molecule has 1 unspecified atom stereocenters. The summed E-state index contributed by atoms with van der Waals surface area (Å²) in [6, 6.07) is 5.10. The number of nitrogen functional groups attached to an aromatic ring is 1. The number of anilines is 1. The molecule has 0 radical (unpaired) electrons. The SMILES string of the molecule is Cc1c(F)ccc(Cl)c1C(C)Sc1cc(C2=CCN(C)CC2)cnc1N. The highest BCUT2D eigenvalue weighted by molar-refractivity contribution is 7.99. The zero-order chi connectivity index (χ0) is 18.8. The third kappa shape index (κ3) is 4.05. The van der Waals surface area contributed by atoms with Crippen LogP contribution >= 0.6 is 23.4 Å². The fourth-order valence-electron chi connectivity index (χ4n) is 3.18. The van der Waals surface area contributed by atoms with Crippen LogP contribution in [0.15, 0.2) is 35.4 Å². The van der Waals surface area contributed by atoms with Crippen LogP contribution in [0.25, 0.3) is 5.57 Å². The van der Waals surface area contributed by atoms with Gasteiger partial charge >= 0.3 is 0 Å². The van der Waals surface area contributed by atoms with E-state index < -0.39 is 0 Å². The molecule has 26 heavy (non-hydrogen) atoms. The van der Waals surface area contributed by atoms with Crippen LogP contribution in [0.1, 0.15) is 35.3 Å². The smallest absolute Gasteiger partial charge is 0.137 e. The predicted octanol–water partition coefficient (Wildman–Crippen LogP) is 5.34. The first-order valence-corrected chi connectivity index (χ1v) is 9.87. The first-order valence-electron chi connectivity index (χ1n) is 8.61. The number of benzene rings is 1. The van der Waals surface area contributed by atoms with E-state index in [0.717, 1.165) is 35.5 Å². The molecule has 2 heterocycles. The number of hydrogen-bond donors (Lipinski definition) is 1. The van der Waals surface area contributed by atoms with Gasteiger partial charge in [0.2, 0.25) is 0 Å². The van der Waals surface area contributed by atoms with Gasteiger partial charge in [-0.3, -0.25) is 0 Å². The zero-order valence-corrected chi connectivity index (χ0v) is 16.8. The van der Waals surface area contributed by atoms with Gasteiger partial charge in [-0.1, -0.05) is 17.7 Å². The van der Waals surface area contributed by atoms with Crippen molar-refractivity contribution in [3.05, 3.63) is 58.0 Å². The number of nitrogens with zero attached hydrogens (tertiary/aromatic N) is 2. The van der Waals surface area contributed by atoms with Crippen molar-refractivity contribution in [2.24, 2.45) is 0 Å². The largest absolute Gasteiger partial charge is 0.383 e. The van der Waals surface area contributed by atoms with E-state index in [2.05, 4.69) is 29.1 Å². The number of aromatic nitrogens is 1. The lowest BCUT2D eigenvalue weighted by molar-refractivity contribution is 0.370. The van der Waals surface area contributed by atoms with Crippen LogP contribution in [-0.2, 0) is 0 Å². The van der Waals surface area contributed by atoms with Gasteiger partial charge in [0.05, 0.1) is 4.90 Å². The van der Waals surface area contributed by atoms with E-state index in [4.69, 9.17) is 17.3 Å². The number of thioether (sulfide) groups is 1. The Morgan fingerprint density at radius 3 is 2.85 bits per heavy atom. The van der Waals surface area contributed by atoms with Gasteiger partial charge in [-0.05, 0) is 67.8 Å². The molecule has 0 fully saturated rings. The maximum atomic E-state index is 14.0. The minimum absolute atomic E-state index is 0.0379. The van der Waals surface area contributed by atoms with Gasteiger partial charge in [-0.2, -0.15) is 0 Å². The fraction of sp³-hybridized carbons (Fsp3) is 0.350. The number of hydrogen-bond acceptors (Lipinski definition) is 4. The molecule has 1 aromatic heterocycles. The summed E-state index contributed by atoms with van der Waals surface area (Å²) in [5.74, 6) is 0.248. The van der Waals surface area contributed by atoms with Crippen molar-refractivity contribution >= 4 is 34.8 Å². The molecule has 3 nitrogen and oxygen atoms in total. The van der Waals surface area contributed by atoms with E-state index in [9.17, 15) is 4.39 Å². The van der Waals surface area contributed by atoms with Crippen LogP contribution < -0.4 is 5.73 Å². The van der Waals surface area contributed by atoms with Crippen molar-refractivity contribution in [2.45, 2.75) is 30.4 Å². The Labute approximate surface area is 163 Å². The molecule has 2 aromatic rings. The molecular weight excluding hydrogens is 369 g/mol. The fourth-order valence-corrected chi connectivity index (χ4v) is 4.78. The van der Waals surface area contributed by atoms with Crippen molar-refractivity contribution in [1.82, 2.24) is 9.88 Å². The molecule has 0 saturated heterocycles. The molecule has 1 atom stereocenters. The molecular formula is C20H23ClFN3S. The lowest BCUT2D eigenvalue weighted by Crippen LogP contribution is -2.23. The Balaban J connectivity index is 1.88. The average molecular weight is 392 g/mol. The Morgan fingerprint density at radius 1 is 1.38 bits per heavy atom. The van der Waals surface area contributed by atoms with Crippen molar-refractivity contribution in [3.63, 3.8) is 0 Å². The van der Waals surface area contributed by atoms with Crippen molar-refractivity contribution in [2.75, 3.05) is 25.9 Å². The minimum Gasteiger partial charge on any atom is -0.383 e. The van der Waals surface area contributed by atoms with Crippen LogP contribution in [0.5, 0.6) is 0 Å². The van der Waals surface area contributed by atoms with Gasteiger partial charge in [0.25, 0.3) is 0 Å². The molecule has 0 aliphatic carbocycles. The first kappa shape index (κ1) is 19.2. The summed E-state index contributed by atoms with van der Waals surface area (Å²) in [4.78, 5) is 7.55. The van der Waals surface area contributed by atoms with Crippen LogP contribution in [0.2, 0.25) is 5.02 Å². The van der Waals surface area contributed by atoms with Gasteiger partial charge < -0.3 is 10.6 Å². The highest BCUT2D eigenvalue weighted by atomic mass is 35.5. The third-order valence-electron chi connectivity index (χ3n) is 4.77. The summed E-state index contributed by atoms with van der Waals surface area (Å²) in [5.41, 5.74) is 9.89. The summed E-state index contributed by atoms with van der Waals surface area (Å²) in [5, 5.41) is 0.536. The van der Waals surface area contributed by atoms with Gasteiger partial charge in [-0.25, -0.2) is 9.37 Å². The summed E-state index contributed by atoms with van der Waals surface area (Å²) in [7, 11) is 2.11. The first-order chi connectivity index (χ1) is 12.4. The molecule has 0 spiro atoms. The molecule has 2 N–H and O–H groups in total. The lowest BCUT2D eigenvalue weighted by atomic mass is 10.0. The van der Waals surface area contributed by atoms with Gasteiger partial charge in [0.15, 0.2) is 0 Å². The van der Waals surface area contributed by atoms with E-state index in [0.29, 0.717) is 16.4 Å². The van der Waals surface area contributed by atoms with Crippen LogP contribution in [0.4, 0.5) is 10.2 Å². The summed E-state index contributed by atoms with van der Waals surface area (Å²) in [6.45, 7) is 5.75. The predicted molar refractivity (Wildman–Crippen MR) is 109 cm³/mol. The number of likely N-dealkylation sites (N-methyl/N-ethyl adjacent to an activating group) is 1. The normalized spacial score (nSPS) is 16.4. The minimum atomic E-state index is -0.242. The second kappa shape index (κ2) is 7.99. The quantitative estimate of drug-likeness (QED) is 0.714. The molecule has 6 heteroatoms. The Morgan fingerprint density at radius 2 is 2.15 bits per heavy atom. The zero-order valence-electron chi connectivity index (χ0n) is 15.2. The van der Waals surface area contributed by atoms with Gasteiger partial charge in [0.1, 0.15) is 11.6 Å². The van der Waals surface area contributed by atoms with Gasteiger partial charge in [-0.15, -0.1) is 11.8 Å². The van der Waals surface area contributed by atoms with Gasteiger partial charge in [0, 0.05) is 29.6 Å². The van der Waals surface area contributed by atoms with Crippen molar-refractivity contribution < 1.29 is 4.39 Å². The monoisotopic (exact) mass is 391 g/mol. The van der Waals surface area contributed by atoms with E-state index in [-0.39, 0.29) is 11.1 Å². The number of pyridine rings is 1. The van der Waals surface area contributed by atoms with Crippen LogP contribution in [0.3, 0.4) is 0 Å². The highest BCUT2D eigenvalue weighted by Gasteiger charge is 2.19. The molecule has 0 amide bonds. The van der Waals surface area contributed by atoms with Crippen molar-refractivity contribution in [3.8, 4) is 0 Å². The molecule has 1 aliphatic heterocycles. The van der Waals surface area contributed by atoms with Crippen LogP contribution in [-0.4, -0.2) is 30.0 Å². The topological polar surface area (TPSA) is 42.2 Å². The number of halogens is 2. The molecule has 3 rings (SSSR count). The molecule has 138 valence electrons. The third-order valence-corrected chi connectivity index (χ3v) is 6.27. The van der Waals surface area contributed by atoms with Crippen molar-refractivity contribution in [1.29, 1.82) is 0 Å². The second-order valence-electron chi connectivity index (χ2n) is 6.68. The summed E-state index contributed by atoms with van der Waals surface area (Å²) < 4.78 is 14.0.